The Morgan fingerprint density at radius 1 is 1.13 bits per heavy atom. The van der Waals surface area contributed by atoms with Crippen molar-refractivity contribution in [1.29, 1.82) is 0 Å². The van der Waals surface area contributed by atoms with Gasteiger partial charge in [-0.1, -0.05) is 18.2 Å². The molecule has 12 heteroatoms. The summed E-state index contributed by atoms with van der Waals surface area (Å²) in [6.45, 7) is 1.47. The monoisotopic (exact) mass is 410 g/mol. The average molecular weight is 410 g/mol. The molecule has 0 saturated carbocycles. The molecule has 0 atom stereocenters. The summed E-state index contributed by atoms with van der Waals surface area (Å²) in [5.74, 6) is 0.627. The minimum Gasteiger partial charge on any atom is -0.454 e. The van der Waals surface area contributed by atoms with Crippen LogP contribution in [-0.2, 0) is 0 Å². The van der Waals surface area contributed by atoms with Crippen molar-refractivity contribution >= 4 is 23.4 Å². The maximum absolute atomic E-state index is 11.5. The molecule has 0 radical (unpaired) electrons. The first kappa shape index (κ1) is 18.9. The number of hydrogen-bond donors (Lipinski definition) is 1. The molecule has 0 bridgehead atoms. The van der Waals surface area contributed by atoms with E-state index >= 15 is 0 Å². The summed E-state index contributed by atoms with van der Waals surface area (Å²) in [4.78, 5) is 21.8. The Bertz CT molecular complexity index is 1170. The number of anilines is 1. The third-order valence-electron chi connectivity index (χ3n) is 4.30. The standard InChI is InChI=1S/C18H14N6O6/c1-11-17(24(27)28)18(22(21-11)13-5-3-2-4-6-13)20-19-9-12-7-15-16(30-10-29-15)8-14(12)23(25)26/h2-9,20H,10H2,1H3/b19-9+. The number of ether oxygens (including phenoxy) is 2. The van der Waals surface area contributed by atoms with Crippen molar-refractivity contribution in [3.63, 3.8) is 0 Å². The van der Waals surface area contributed by atoms with Crippen LogP contribution in [0.25, 0.3) is 5.69 Å². The van der Waals surface area contributed by atoms with Gasteiger partial charge in [0, 0.05) is 0 Å². The maximum Gasteiger partial charge on any atom is 0.335 e. The third kappa shape index (κ3) is 3.37. The number of hydrazone groups is 1. The van der Waals surface area contributed by atoms with E-state index in [2.05, 4.69) is 15.6 Å². The highest BCUT2D eigenvalue weighted by Crippen LogP contribution is 2.37. The maximum atomic E-state index is 11.5. The SMILES string of the molecule is Cc1nn(-c2ccccc2)c(N/N=C/c2cc3c(cc2[N+](=O)[O-])OCO3)c1[N+](=O)[O-]. The number of nitro benzene ring substituents is 1. The van der Waals surface area contributed by atoms with Crippen molar-refractivity contribution in [3.8, 4) is 17.2 Å². The molecule has 1 aliphatic rings. The quantitative estimate of drug-likeness (QED) is 0.370. The average Bonchev–Trinajstić information content (AvgIpc) is 3.31. The van der Waals surface area contributed by atoms with Gasteiger partial charge in [0.25, 0.3) is 5.69 Å². The zero-order valence-electron chi connectivity index (χ0n) is 15.5. The number of nitrogens with one attached hydrogen (secondary N) is 1. The van der Waals surface area contributed by atoms with Gasteiger partial charge in [0.1, 0.15) is 5.69 Å². The lowest BCUT2D eigenvalue weighted by Gasteiger charge is -2.06. The van der Waals surface area contributed by atoms with Gasteiger partial charge >= 0.3 is 5.69 Å². The highest BCUT2D eigenvalue weighted by Gasteiger charge is 2.26. The summed E-state index contributed by atoms with van der Waals surface area (Å²) in [6, 6.07) is 11.5. The Kier molecular flexibility index (Phi) is 4.72. The summed E-state index contributed by atoms with van der Waals surface area (Å²) >= 11 is 0. The highest BCUT2D eigenvalue weighted by atomic mass is 16.7. The van der Waals surface area contributed by atoms with Crippen LogP contribution in [0.4, 0.5) is 17.2 Å². The molecule has 2 heterocycles. The Hall–Kier alpha value is -4.48. The van der Waals surface area contributed by atoms with Crippen molar-refractivity contribution in [2.45, 2.75) is 6.92 Å². The van der Waals surface area contributed by atoms with Crippen molar-refractivity contribution in [2.24, 2.45) is 5.10 Å². The number of aryl methyl sites for hydroxylation is 1. The first-order valence-electron chi connectivity index (χ1n) is 8.62. The van der Waals surface area contributed by atoms with Crippen LogP contribution in [0.2, 0.25) is 0 Å². The van der Waals surface area contributed by atoms with Gasteiger partial charge in [0.05, 0.1) is 33.4 Å². The molecule has 1 aromatic heterocycles. The lowest BCUT2D eigenvalue weighted by Crippen LogP contribution is -2.04. The molecule has 12 nitrogen and oxygen atoms in total. The molecule has 0 aliphatic carbocycles. The minimum absolute atomic E-state index is 0.0170. The van der Waals surface area contributed by atoms with Crippen LogP contribution in [0.3, 0.4) is 0 Å². The first-order valence-corrected chi connectivity index (χ1v) is 8.62. The number of nitrogens with zero attached hydrogens (tertiary/aromatic N) is 5. The molecule has 0 amide bonds. The second-order valence-corrected chi connectivity index (χ2v) is 6.18. The fourth-order valence-electron chi connectivity index (χ4n) is 2.97. The number of para-hydroxylation sites is 1. The highest BCUT2D eigenvalue weighted by molar-refractivity contribution is 5.87. The van der Waals surface area contributed by atoms with E-state index in [4.69, 9.17) is 9.47 Å². The van der Waals surface area contributed by atoms with Crippen LogP contribution in [0.15, 0.2) is 47.6 Å². The number of aromatic nitrogens is 2. The van der Waals surface area contributed by atoms with Crippen LogP contribution in [0.5, 0.6) is 11.5 Å². The molecule has 0 fully saturated rings. The summed E-state index contributed by atoms with van der Waals surface area (Å²) in [6.07, 6.45) is 1.18. The van der Waals surface area contributed by atoms with Crippen LogP contribution in [0.1, 0.15) is 11.3 Å². The fourth-order valence-corrected chi connectivity index (χ4v) is 2.97. The minimum atomic E-state index is -0.579. The molecular weight excluding hydrogens is 396 g/mol. The van der Waals surface area contributed by atoms with Gasteiger partial charge in [0.2, 0.25) is 12.6 Å². The second kappa shape index (κ2) is 7.50. The van der Waals surface area contributed by atoms with E-state index in [0.29, 0.717) is 11.4 Å². The van der Waals surface area contributed by atoms with Gasteiger partial charge in [-0.15, -0.1) is 0 Å². The molecule has 4 rings (SSSR count). The number of benzene rings is 2. The predicted molar refractivity (Wildman–Crippen MR) is 105 cm³/mol. The fraction of sp³-hybridized carbons (Fsp3) is 0.111. The van der Waals surface area contributed by atoms with Crippen molar-refractivity contribution in [3.05, 3.63) is 74.0 Å². The normalized spacial score (nSPS) is 12.3. The molecule has 30 heavy (non-hydrogen) atoms. The van der Waals surface area contributed by atoms with Crippen molar-refractivity contribution in [2.75, 3.05) is 12.2 Å². The molecule has 0 spiro atoms. The Labute approximate surface area is 168 Å². The van der Waals surface area contributed by atoms with Crippen LogP contribution in [-0.4, -0.2) is 32.6 Å². The van der Waals surface area contributed by atoms with Gasteiger partial charge < -0.3 is 9.47 Å². The van der Waals surface area contributed by atoms with E-state index in [0.717, 1.165) is 0 Å². The van der Waals surface area contributed by atoms with Crippen LogP contribution >= 0.6 is 0 Å². The smallest absolute Gasteiger partial charge is 0.335 e. The summed E-state index contributed by atoms with van der Waals surface area (Å²) in [5, 5.41) is 31.1. The Morgan fingerprint density at radius 2 is 1.83 bits per heavy atom. The molecule has 1 N–H and O–H groups in total. The number of fused-ring (bicyclic) bond motifs is 1. The van der Waals surface area contributed by atoms with Crippen molar-refractivity contribution in [1.82, 2.24) is 9.78 Å². The first-order chi connectivity index (χ1) is 14.5. The topological polar surface area (TPSA) is 147 Å². The summed E-state index contributed by atoms with van der Waals surface area (Å²) < 4.78 is 11.7. The Morgan fingerprint density at radius 3 is 2.50 bits per heavy atom. The van der Waals surface area contributed by atoms with Gasteiger partial charge in [-0.2, -0.15) is 10.2 Å². The molecule has 1 aliphatic heterocycles. The van der Waals surface area contributed by atoms with E-state index < -0.39 is 9.85 Å². The van der Waals surface area contributed by atoms with Crippen LogP contribution < -0.4 is 14.9 Å². The van der Waals surface area contributed by atoms with Gasteiger partial charge in [-0.3, -0.25) is 25.7 Å². The van der Waals surface area contributed by atoms with E-state index in [-0.39, 0.29) is 41.0 Å². The largest absolute Gasteiger partial charge is 0.454 e. The lowest BCUT2D eigenvalue weighted by molar-refractivity contribution is -0.385. The zero-order valence-corrected chi connectivity index (χ0v) is 15.5. The lowest BCUT2D eigenvalue weighted by atomic mass is 10.1. The third-order valence-corrected chi connectivity index (χ3v) is 4.30. The van der Waals surface area contributed by atoms with Gasteiger partial charge in [0.15, 0.2) is 11.5 Å². The zero-order chi connectivity index (χ0) is 21.3. The van der Waals surface area contributed by atoms with E-state index in [1.54, 1.807) is 30.3 Å². The van der Waals surface area contributed by atoms with Crippen molar-refractivity contribution < 1.29 is 19.3 Å². The molecular formula is C18H14N6O6. The van der Waals surface area contributed by atoms with E-state index in [9.17, 15) is 20.2 Å². The summed E-state index contributed by atoms with van der Waals surface area (Å²) in [7, 11) is 0. The molecule has 2 aromatic carbocycles. The number of nitro groups is 2. The second-order valence-electron chi connectivity index (χ2n) is 6.18. The van der Waals surface area contributed by atoms with Gasteiger partial charge in [-0.25, -0.2) is 4.68 Å². The molecule has 152 valence electrons. The molecule has 3 aromatic rings. The van der Waals surface area contributed by atoms with E-state index in [1.165, 1.54) is 30.0 Å². The van der Waals surface area contributed by atoms with Crippen LogP contribution in [0, 0.1) is 27.2 Å². The summed E-state index contributed by atoms with van der Waals surface area (Å²) in [5.41, 5.74) is 3.02. The van der Waals surface area contributed by atoms with E-state index in [1.807, 2.05) is 0 Å². The molecule has 0 saturated heterocycles. The van der Waals surface area contributed by atoms with Gasteiger partial charge in [-0.05, 0) is 25.1 Å². The Balaban J connectivity index is 1.72. The molecule has 0 unspecified atom stereocenters. The number of hydrogen-bond acceptors (Lipinski definition) is 9. The number of rotatable bonds is 6. The predicted octanol–water partition coefficient (Wildman–Crippen LogP) is 3.17.